The number of H-pyrrole nitrogens is 1. The van der Waals surface area contributed by atoms with Crippen LogP contribution in [0.4, 0.5) is 24.5 Å². The molecule has 1 aromatic heterocycles. The van der Waals surface area contributed by atoms with E-state index in [1.165, 1.54) is 18.2 Å². The largest absolute Gasteiger partial charge is 0.508 e. The molecule has 5 nitrogen and oxygen atoms in total. The van der Waals surface area contributed by atoms with Gasteiger partial charge >= 0.3 is 0 Å². The van der Waals surface area contributed by atoms with Crippen LogP contribution in [0.2, 0.25) is 0 Å². The number of phenolic OH excluding ortho intramolecular Hbond substituents is 1. The van der Waals surface area contributed by atoms with Crippen molar-refractivity contribution in [1.82, 2.24) is 10.3 Å². The number of benzene rings is 3. The molecule has 4 rings (SSSR count). The van der Waals surface area contributed by atoms with E-state index in [1.54, 1.807) is 24.4 Å². The van der Waals surface area contributed by atoms with E-state index in [2.05, 4.69) is 15.6 Å². The van der Waals surface area contributed by atoms with Crippen molar-refractivity contribution in [3.63, 3.8) is 0 Å². The third-order valence-electron chi connectivity index (χ3n) is 4.82. The number of halogens is 3. The molecular formula is C23H18F3N3O2. The fourth-order valence-corrected chi connectivity index (χ4v) is 3.37. The Kier molecular flexibility index (Phi) is 5.53. The Bertz CT molecular complexity index is 1270. The first-order chi connectivity index (χ1) is 14.9. The number of phenols is 1. The van der Waals surface area contributed by atoms with Gasteiger partial charge in [0.25, 0.3) is 5.91 Å². The SMILES string of the molecule is O=C(NCCc1c[nH]c2ccc(O)cc12)c1cc(F)cc(F)c1Nc1cccc(F)c1. The fraction of sp³-hybridized carbons (Fsp3) is 0.0870. The molecule has 0 atom stereocenters. The summed E-state index contributed by atoms with van der Waals surface area (Å²) in [6.45, 7) is 0.193. The van der Waals surface area contributed by atoms with Crippen LogP contribution in [-0.2, 0) is 6.42 Å². The molecular weight excluding hydrogens is 407 g/mol. The number of amides is 1. The normalized spacial score (nSPS) is 10.9. The molecule has 0 saturated heterocycles. The summed E-state index contributed by atoms with van der Waals surface area (Å²) >= 11 is 0. The average molecular weight is 425 g/mol. The minimum Gasteiger partial charge on any atom is -0.508 e. The van der Waals surface area contributed by atoms with Crippen molar-refractivity contribution in [3.05, 3.63) is 89.4 Å². The lowest BCUT2D eigenvalue weighted by molar-refractivity contribution is 0.0954. The van der Waals surface area contributed by atoms with Gasteiger partial charge < -0.3 is 20.7 Å². The summed E-state index contributed by atoms with van der Waals surface area (Å²) in [5, 5.41) is 15.8. The van der Waals surface area contributed by atoms with Crippen LogP contribution in [0, 0.1) is 17.5 Å². The standard InChI is InChI=1S/C23H18F3N3O2/c24-14-2-1-3-16(8-14)29-22-19(9-15(25)10-20(22)26)23(31)27-7-6-13-12-28-21-5-4-17(30)11-18(13)21/h1-5,8-12,28-30H,6-7H2,(H,27,31). The third-order valence-corrected chi connectivity index (χ3v) is 4.82. The second kappa shape index (κ2) is 8.43. The van der Waals surface area contributed by atoms with Gasteiger partial charge in [0.2, 0.25) is 0 Å². The van der Waals surface area contributed by atoms with Crippen molar-refractivity contribution in [2.45, 2.75) is 6.42 Å². The number of hydrogen-bond donors (Lipinski definition) is 4. The molecule has 0 unspecified atom stereocenters. The highest BCUT2D eigenvalue weighted by molar-refractivity contribution is 6.00. The van der Waals surface area contributed by atoms with Crippen LogP contribution >= 0.6 is 0 Å². The lowest BCUT2D eigenvalue weighted by Crippen LogP contribution is -2.26. The summed E-state index contributed by atoms with van der Waals surface area (Å²) in [5.74, 6) is -2.97. The van der Waals surface area contributed by atoms with Crippen LogP contribution in [0.25, 0.3) is 10.9 Å². The minimum absolute atomic E-state index is 0.126. The number of rotatable bonds is 6. The molecule has 0 saturated carbocycles. The van der Waals surface area contributed by atoms with E-state index in [0.717, 1.165) is 28.6 Å². The number of aromatic nitrogens is 1. The van der Waals surface area contributed by atoms with Crippen LogP contribution in [0.1, 0.15) is 15.9 Å². The number of hydrogen-bond acceptors (Lipinski definition) is 3. The first-order valence-electron chi connectivity index (χ1n) is 9.49. The topological polar surface area (TPSA) is 77.2 Å². The molecule has 0 radical (unpaired) electrons. The smallest absolute Gasteiger partial charge is 0.253 e. The van der Waals surface area contributed by atoms with Gasteiger partial charge in [-0.3, -0.25) is 4.79 Å². The molecule has 3 aromatic carbocycles. The predicted molar refractivity (Wildman–Crippen MR) is 112 cm³/mol. The van der Waals surface area contributed by atoms with Crippen molar-refractivity contribution < 1.29 is 23.1 Å². The molecule has 0 aliphatic rings. The highest BCUT2D eigenvalue weighted by Crippen LogP contribution is 2.27. The highest BCUT2D eigenvalue weighted by atomic mass is 19.1. The van der Waals surface area contributed by atoms with E-state index in [4.69, 9.17) is 0 Å². The summed E-state index contributed by atoms with van der Waals surface area (Å²) in [6, 6.07) is 11.8. The van der Waals surface area contributed by atoms with Crippen LogP contribution in [-0.4, -0.2) is 22.5 Å². The molecule has 0 aliphatic carbocycles. The Morgan fingerprint density at radius 2 is 1.84 bits per heavy atom. The van der Waals surface area contributed by atoms with Gasteiger partial charge in [-0.05, 0) is 54.4 Å². The Morgan fingerprint density at radius 1 is 1.00 bits per heavy atom. The summed E-state index contributed by atoms with van der Waals surface area (Å²) in [7, 11) is 0. The number of anilines is 2. The van der Waals surface area contributed by atoms with Gasteiger partial charge in [-0.2, -0.15) is 0 Å². The second-order valence-corrected chi connectivity index (χ2v) is 7.00. The van der Waals surface area contributed by atoms with Crippen LogP contribution in [0.15, 0.2) is 60.8 Å². The zero-order valence-corrected chi connectivity index (χ0v) is 16.2. The number of nitrogens with one attached hydrogen (secondary N) is 3. The zero-order valence-electron chi connectivity index (χ0n) is 16.2. The summed E-state index contributed by atoms with van der Waals surface area (Å²) in [4.78, 5) is 15.7. The monoisotopic (exact) mass is 425 g/mol. The van der Waals surface area contributed by atoms with Crippen molar-refractivity contribution in [3.8, 4) is 5.75 Å². The number of fused-ring (bicyclic) bond motifs is 1. The summed E-state index contributed by atoms with van der Waals surface area (Å²) < 4.78 is 41.6. The van der Waals surface area contributed by atoms with E-state index in [0.29, 0.717) is 12.5 Å². The van der Waals surface area contributed by atoms with Crippen LogP contribution < -0.4 is 10.6 Å². The van der Waals surface area contributed by atoms with E-state index < -0.39 is 23.4 Å². The molecule has 1 heterocycles. The number of aromatic hydroxyl groups is 1. The Balaban J connectivity index is 1.51. The first-order valence-corrected chi connectivity index (χ1v) is 9.49. The average Bonchev–Trinajstić information content (AvgIpc) is 3.12. The van der Waals surface area contributed by atoms with E-state index >= 15 is 0 Å². The maximum absolute atomic E-state index is 14.4. The van der Waals surface area contributed by atoms with Gasteiger partial charge in [0, 0.05) is 35.4 Å². The molecule has 158 valence electrons. The first kappa shape index (κ1) is 20.3. The number of carbonyl (C=O) groups is 1. The Hall–Kier alpha value is -3.94. The molecule has 0 spiro atoms. The molecule has 4 N–H and O–H groups in total. The maximum Gasteiger partial charge on any atom is 0.253 e. The van der Waals surface area contributed by atoms with Crippen LogP contribution in [0.3, 0.4) is 0 Å². The van der Waals surface area contributed by atoms with E-state index in [1.807, 2.05) is 0 Å². The van der Waals surface area contributed by atoms with Gasteiger partial charge in [-0.25, -0.2) is 13.2 Å². The Labute approximate surface area is 175 Å². The van der Waals surface area contributed by atoms with E-state index in [9.17, 15) is 23.1 Å². The lowest BCUT2D eigenvalue weighted by atomic mass is 10.1. The molecule has 8 heteroatoms. The van der Waals surface area contributed by atoms with Gasteiger partial charge in [0.1, 0.15) is 23.2 Å². The number of aromatic amines is 1. The number of carbonyl (C=O) groups excluding carboxylic acids is 1. The third kappa shape index (κ3) is 4.48. The molecule has 31 heavy (non-hydrogen) atoms. The Morgan fingerprint density at radius 3 is 2.65 bits per heavy atom. The lowest BCUT2D eigenvalue weighted by Gasteiger charge is -2.14. The molecule has 1 amide bonds. The zero-order chi connectivity index (χ0) is 22.0. The van der Waals surface area contributed by atoms with E-state index in [-0.39, 0.29) is 29.2 Å². The van der Waals surface area contributed by atoms with Gasteiger partial charge in [0.05, 0.1) is 11.3 Å². The van der Waals surface area contributed by atoms with Crippen molar-refractivity contribution in [1.29, 1.82) is 0 Å². The van der Waals surface area contributed by atoms with Gasteiger partial charge in [0.15, 0.2) is 0 Å². The van der Waals surface area contributed by atoms with Crippen molar-refractivity contribution >= 4 is 28.2 Å². The highest BCUT2D eigenvalue weighted by Gasteiger charge is 2.18. The molecule has 4 aromatic rings. The van der Waals surface area contributed by atoms with Crippen LogP contribution in [0.5, 0.6) is 5.75 Å². The summed E-state index contributed by atoms with van der Waals surface area (Å²) in [5.41, 5.74) is 1.45. The fourth-order valence-electron chi connectivity index (χ4n) is 3.37. The van der Waals surface area contributed by atoms with Crippen molar-refractivity contribution in [2.24, 2.45) is 0 Å². The van der Waals surface area contributed by atoms with Gasteiger partial charge in [-0.15, -0.1) is 0 Å². The van der Waals surface area contributed by atoms with Crippen molar-refractivity contribution in [2.75, 3.05) is 11.9 Å². The molecule has 0 fully saturated rings. The summed E-state index contributed by atoms with van der Waals surface area (Å²) in [6.07, 6.45) is 2.20. The second-order valence-electron chi connectivity index (χ2n) is 7.00. The predicted octanol–water partition coefficient (Wildman–Crippen LogP) is 5.01. The quantitative estimate of drug-likeness (QED) is 0.351. The maximum atomic E-state index is 14.4. The molecule has 0 bridgehead atoms. The minimum atomic E-state index is -0.971. The molecule has 0 aliphatic heterocycles. The van der Waals surface area contributed by atoms with Gasteiger partial charge in [-0.1, -0.05) is 6.07 Å².